The summed E-state index contributed by atoms with van der Waals surface area (Å²) in [5, 5.41) is 11.8. The normalized spacial score (nSPS) is 17.0. The van der Waals surface area contributed by atoms with Crippen LogP contribution < -0.4 is 5.32 Å². The minimum absolute atomic E-state index is 0.320. The Labute approximate surface area is 112 Å². The van der Waals surface area contributed by atoms with Gasteiger partial charge in [-0.3, -0.25) is 4.79 Å². The van der Waals surface area contributed by atoms with Crippen LogP contribution in [0.15, 0.2) is 18.3 Å². The SMILES string of the molecule is CC(C)(C)[C@@H](NC(=O)c1cccn1C1CC1)C(=O)O. The second-order valence-electron chi connectivity index (χ2n) is 6.14. The van der Waals surface area contributed by atoms with Crippen LogP contribution in [-0.4, -0.2) is 27.6 Å². The summed E-state index contributed by atoms with van der Waals surface area (Å²) < 4.78 is 1.93. The molecule has 1 aliphatic carbocycles. The first kappa shape index (κ1) is 13.6. The van der Waals surface area contributed by atoms with E-state index in [-0.39, 0.29) is 5.91 Å². The zero-order valence-corrected chi connectivity index (χ0v) is 11.5. The number of amides is 1. The van der Waals surface area contributed by atoms with Crippen molar-refractivity contribution in [3.8, 4) is 0 Å². The molecule has 0 spiro atoms. The number of hydrogen-bond donors (Lipinski definition) is 2. The molecule has 1 atom stereocenters. The maximum Gasteiger partial charge on any atom is 0.326 e. The van der Waals surface area contributed by atoms with E-state index in [0.29, 0.717) is 11.7 Å². The zero-order chi connectivity index (χ0) is 14.2. The second kappa shape index (κ2) is 4.72. The molecule has 0 radical (unpaired) electrons. The van der Waals surface area contributed by atoms with Gasteiger partial charge in [-0.2, -0.15) is 0 Å². The molecular weight excluding hydrogens is 244 g/mol. The smallest absolute Gasteiger partial charge is 0.326 e. The third-order valence-corrected chi connectivity index (χ3v) is 3.34. The Morgan fingerprint density at radius 2 is 2.05 bits per heavy atom. The maximum atomic E-state index is 12.2. The molecule has 1 aromatic heterocycles. The Balaban J connectivity index is 2.15. The van der Waals surface area contributed by atoms with E-state index in [1.807, 2.05) is 16.8 Å². The van der Waals surface area contributed by atoms with E-state index in [0.717, 1.165) is 12.8 Å². The summed E-state index contributed by atoms with van der Waals surface area (Å²) in [5.41, 5.74) is 0.0105. The lowest BCUT2D eigenvalue weighted by atomic mass is 9.86. The number of carbonyl (C=O) groups is 2. The Kier molecular flexibility index (Phi) is 3.39. The predicted octanol–water partition coefficient (Wildman–Crippen LogP) is 2.05. The summed E-state index contributed by atoms with van der Waals surface area (Å²) in [6.07, 6.45) is 4.03. The van der Waals surface area contributed by atoms with Crippen molar-refractivity contribution in [1.29, 1.82) is 0 Å². The van der Waals surface area contributed by atoms with Gasteiger partial charge in [0.2, 0.25) is 0 Å². The molecule has 5 nitrogen and oxygen atoms in total. The molecular formula is C14H20N2O3. The number of nitrogens with zero attached hydrogens (tertiary/aromatic N) is 1. The van der Waals surface area contributed by atoms with Crippen LogP contribution in [0.5, 0.6) is 0 Å². The van der Waals surface area contributed by atoms with Crippen molar-refractivity contribution < 1.29 is 14.7 Å². The van der Waals surface area contributed by atoms with Crippen LogP contribution in [0.2, 0.25) is 0 Å². The van der Waals surface area contributed by atoms with Gasteiger partial charge in [0, 0.05) is 12.2 Å². The van der Waals surface area contributed by atoms with Crippen molar-refractivity contribution in [2.45, 2.75) is 45.7 Å². The van der Waals surface area contributed by atoms with Crippen molar-refractivity contribution >= 4 is 11.9 Å². The number of carboxylic acid groups (broad SMARTS) is 1. The Morgan fingerprint density at radius 1 is 1.42 bits per heavy atom. The minimum Gasteiger partial charge on any atom is -0.480 e. The molecule has 1 heterocycles. The van der Waals surface area contributed by atoms with Crippen molar-refractivity contribution in [3.05, 3.63) is 24.0 Å². The van der Waals surface area contributed by atoms with Gasteiger partial charge < -0.3 is 15.0 Å². The molecule has 1 fully saturated rings. The highest BCUT2D eigenvalue weighted by molar-refractivity contribution is 5.95. The van der Waals surface area contributed by atoms with Crippen LogP contribution in [0.3, 0.4) is 0 Å². The first-order valence-corrected chi connectivity index (χ1v) is 6.51. The van der Waals surface area contributed by atoms with E-state index < -0.39 is 17.4 Å². The molecule has 2 N–H and O–H groups in total. The molecule has 1 saturated carbocycles. The van der Waals surface area contributed by atoms with Crippen LogP contribution >= 0.6 is 0 Å². The van der Waals surface area contributed by atoms with Gasteiger partial charge in [-0.05, 0) is 30.4 Å². The fourth-order valence-electron chi connectivity index (χ4n) is 2.11. The van der Waals surface area contributed by atoms with Gasteiger partial charge in [-0.1, -0.05) is 20.8 Å². The highest BCUT2D eigenvalue weighted by atomic mass is 16.4. The summed E-state index contributed by atoms with van der Waals surface area (Å²) in [6.45, 7) is 5.39. The molecule has 5 heteroatoms. The topological polar surface area (TPSA) is 71.3 Å². The molecule has 0 saturated heterocycles. The number of nitrogens with one attached hydrogen (secondary N) is 1. The van der Waals surface area contributed by atoms with Crippen LogP contribution in [0.25, 0.3) is 0 Å². The number of aromatic nitrogens is 1. The van der Waals surface area contributed by atoms with Crippen molar-refractivity contribution in [3.63, 3.8) is 0 Å². The average Bonchev–Trinajstić information content (AvgIpc) is 3.01. The van der Waals surface area contributed by atoms with E-state index in [1.54, 1.807) is 26.8 Å². The van der Waals surface area contributed by atoms with Crippen LogP contribution in [0.1, 0.15) is 50.1 Å². The lowest BCUT2D eigenvalue weighted by Gasteiger charge is -2.27. The van der Waals surface area contributed by atoms with E-state index in [1.165, 1.54) is 0 Å². The summed E-state index contributed by atoms with van der Waals surface area (Å²) >= 11 is 0. The molecule has 2 rings (SSSR count). The quantitative estimate of drug-likeness (QED) is 0.874. The van der Waals surface area contributed by atoms with E-state index in [9.17, 15) is 14.7 Å². The molecule has 0 aromatic carbocycles. The van der Waals surface area contributed by atoms with Crippen LogP contribution in [-0.2, 0) is 4.79 Å². The molecule has 1 aliphatic rings. The highest BCUT2D eigenvalue weighted by Gasteiger charge is 2.34. The molecule has 1 amide bonds. The van der Waals surface area contributed by atoms with Gasteiger partial charge in [-0.25, -0.2) is 4.79 Å². The van der Waals surface area contributed by atoms with Gasteiger partial charge >= 0.3 is 5.97 Å². The molecule has 104 valence electrons. The van der Waals surface area contributed by atoms with E-state index >= 15 is 0 Å². The molecule has 0 bridgehead atoms. The van der Waals surface area contributed by atoms with Gasteiger partial charge in [0.25, 0.3) is 5.91 Å². The monoisotopic (exact) mass is 264 g/mol. The fraction of sp³-hybridized carbons (Fsp3) is 0.571. The first-order valence-electron chi connectivity index (χ1n) is 6.51. The summed E-state index contributed by atoms with van der Waals surface area (Å²) in [4.78, 5) is 23.5. The zero-order valence-electron chi connectivity index (χ0n) is 11.5. The standard InChI is InChI=1S/C14H20N2O3/c1-14(2,3)11(13(18)19)15-12(17)10-5-4-8-16(10)9-6-7-9/h4-5,8-9,11H,6-7H2,1-3H3,(H,15,17)(H,18,19)/t11-/m0/s1. The largest absolute Gasteiger partial charge is 0.480 e. The van der Waals surface area contributed by atoms with E-state index in [4.69, 9.17) is 0 Å². The van der Waals surface area contributed by atoms with Gasteiger partial charge in [-0.15, -0.1) is 0 Å². The highest BCUT2D eigenvalue weighted by Crippen LogP contribution is 2.36. The number of aliphatic carboxylic acids is 1. The number of hydrogen-bond acceptors (Lipinski definition) is 2. The Bertz CT molecular complexity index is 495. The number of carbonyl (C=O) groups excluding carboxylic acids is 1. The average molecular weight is 264 g/mol. The summed E-state index contributed by atoms with van der Waals surface area (Å²) in [7, 11) is 0. The summed E-state index contributed by atoms with van der Waals surface area (Å²) in [5.74, 6) is -1.33. The predicted molar refractivity (Wildman–Crippen MR) is 71.0 cm³/mol. The lowest BCUT2D eigenvalue weighted by molar-refractivity contribution is -0.142. The lowest BCUT2D eigenvalue weighted by Crippen LogP contribution is -2.49. The Morgan fingerprint density at radius 3 is 2.53 bits per heavy atom. The second-order valence-corrected chi connectivity index (χ2v) is 6.14. The molecule has 1 aromatic rings. The minimum atomic E-state index is -1.01. The first-order chi connectivity index (χ1) is 8.80. The third kappa shape index (κ3) is 2.97. The van der Waals surface area contributed by atoms with Crippen LogP contribution in [0, 0.1) is 5.41 Å². The number of rotatable bonds is 4. The van der Waals surface area contributed by atoms with Crippen molar-refractivity contribution in [1.82, 2.24) is 9.88 Å². The van der Waals surface area contributed by atoms with E-state index in [2.05, 4.69) is 5.32 Å². The van der Waals surface area contributed by atoms with Crippen molar-refractivity contribution in [2.75, 3.05) is 0 Å². The maximum absolute atomic E-state index is 12.2. The van der Waals surface area contributed by atoms with Crippen molar-refractivity contribution in [2.24, 2.45) is 5.41 Å². The number of carboxylic acids is 1. The molecule has 19 heavy (non-hydrogen) atoms. The molecule has 0 aliphatic heterocycles. The van der Waals surface area contributed by atoms with Gasteiger partial charge in [0.05, 0.1) is 0 Å². The fourth-order valence-corrected chi connectivity index (χ4v) is 2.11. The van der Waals surface area contributed by atoms with Crippen LogP contribution in [0.4, 0.5) is 0 Å². The summed E-state index contributed by atoms with van der Waals surface area (Å²) in [6, 6.07) is 3.05. The molecule has 0 unspecified atom stereocenters. The third-order valence-electron chi connectivity index (χ3n) is 3.34. The van der Waals surface area contributed by atoms with Gasteiger partial charge in [0.1, 0.15) is 11.7 Å². The van der Waals surface area contributed by atoms with Gasteiger partial charge in [0.15, 0.2) is 0 Å². The Hall–Kier alpha value is -1.78.